The smallest absolute Gasteiger partial charge is 0.261 e. The molecule has 7 heteroatoms. The molecule has 3 aromatic rings. The van der Waals surface area contributed by atoms with Crippen LogP contribution in [0.4, 0.5) is 0 Å². The van der Waals surface area contributed by atoms with Crippen LogP contribution < -0.4 is 0 Å². The number of hydrogen-bond donors (Lipinski definition) is 1. The predicted molar refractivity (Wildman–Crippen MR) is 188 cm³/mol. The maximum absolute atomic E-state index is 13.5. The van der Waals surface area contributed by atoms with Crippen LogP contribution in [0.3, 0.4) is 0 Å². The van der Waals surface area contributed by atoms with Crippen molar-refractivity contribution in [1.82, 2.24) is 0 Å². The molecule has 6 nitrogen and oxygen atoms in total. The van der Waals surface area contributed by atoms with Gasteiger partial charge in [-0.2, -0.15) is 4.89 Å². The summed E-state index contributed by atoms with van der Waals surface area (Å²) >= 11 is 1.58. The lowest BCUT2D eigenvalue weighted by Crippen LogP contribution is -2.74. The summed E-state index contributed by atoms with van der Waals surface area (Å²) in [6, 6.07) is 20.1. The second-order valence-electron chi connectivity index (χ2n) is 13.5. The SMILES string of the molecule is CC.COC1(c2cc(O)ccc2/C=C/C2=CC(=C3C(=O)c4ccccc4C3=O)c3ccccc3S2)OOC12C(C)CC1CC(C)CC2C1. The van der Waals surface area contributed by atoms with Crippen molar-refractivity contribution in [2.24, 2.45) is 23.7 Å². The summed E-state index contributed by atoms with van der Waals surface area (Å²) in [7, 11) is 1.66. The van der Waals surface area contributed by atoms with Crippen LogP contribution in [-0.4, -0.2) is 29.4 Å². The Hall–Kier alpha value is -3.75. The van der Waals surface area contributed by atoms with Crippen molar-refractivity contribution < 1.29 is 29.2 Å². The molecule has 1 spiro atoms. The normalized spacial score (nSPS) is 30.4. The van der Waals surface area contributed by atoms with Crippen molar-refractivity contribution in [2.45, 2.75) is 69.7 Å². The molecule has 6 atom stereocenters. The largest absolute Gasteiger partial charge is 0.508 e. The first-order valence-corrected chi connectivity index (χ1v) is 17.9. The molecule has 48 heavy (non-hydrogen) atoms. The summed E-state index contributed by atoms with van der Waals surface area (Å²) in [6.45, 7) is 8.56. The second kappa shape index (κ2) is 12.6. The highest BCUT2D eigenvalue weighted by Gasteiger charge is 2.74. The molecular weight excluding hydrogens is 621 g/mol. The number of carbonyl (C=O) groups excluding carboxylic acids is 2. The van der Waals surface area contributed by atoms with Crippen molar-refractivity contribution in [3.05, 3.63) is 117 Å². The number of methoxy groups -OCH3 is 1. The zero-order valence-corrected chi connectivity index (χ0v) is 28.9. The van der Waals surface area contributed by atoms with Gasteiger partial charge in [0, 0.05) is 33.6 Å². The van der Waals surface area contributed by atoms with Gasteiger partial charge in [-0.1, -0.05) is 94.1 Å². The van der Waals surface area contributed by atoms with E-state index in [4.69, 9.17) is 14.5 Å². The van der Waals surface area contributed by atoms with Gasteiger partial charge in [-0.05, 0) is 96.4 Å². The fourth-order valence-corrected chi connectivity index (χ4v) is 9.97. The number of fused-ring (bicyclic) bond motifs is 5. The Morgan fingerprint density at radius 2 is 1.54 bits per heavy atom. The first-order valence-electron chi connectivity index (χ1n) is 17.1. The average molecular weight is 663 g/mol. The Morgan fingerprint density at radius 1 is 0.854 bits per heavy atom. The molecular formula is C41H42O6S. The lowest BCUT2D eigenvalue weighted by atomic mass is 9.54. The molecule has 6 unspecified atom stereocenters. The van der Waals surface area contributed by atoms with Crippen molar-refractivity contribution >= 4 is 35.0 Å². The highest BCUT2D eigenvalue weighted by molar-refractivity contribution is 8.03. The van der Waals surface area contributed by atoms with E-state index in [2.05, 4.69) is 13.8 Å². The molecule has 0 amide bonds. The topological polar surface area (TPSA) is 82.1 Å². The Morgan fingerprint density at radius 3 is 2.21 bits per heavy atom. The first kappa shape index (κ1) is 32.8. The summed E-state index contributed by atoms with van der Waals surface area (Å²) in [5, 5.41) is 10.7. The van der Waals surface area contributed by atoms with Crippen molar-refractivity contribution in [3.8, 4) is 5.75 Å². The third-order valence-corrected chi connectivity index (χ3v) is 11.9. The van der Waals surface area contributed by atoms with Gasteiger partial charge in [-0.25, -0.2) is 4.89 Å². The average Bonchev–Trinajstić information content (AvgIpc) is 3.33. The van der Waals surface area contributed by atoms with Gasteiger partial charge in [0.25, 0.3) is 5.79 Å². The third-order valence-electron chi connectivity index (χ3n) is 10.8. The monoisotopic (exact) mass is 662 g/mol. The predicted octanol–water partition coefficient (Wildman–Crippen LogP) is 9.55. The van der Waals surface area contributed by atoms with E-state index in [-0.39, 0.29) is 34.7 Å². The molecule has 3 fully saturated rings. The van der Waals surface area contributed by atoms with E-state index in [1.165, 1.54) is 6.42 Å². The zero-order chi connectivity index (χ0) is 33.8. The standard InChI is InChI=1S/C39H36O6S.C2H6/c1-22-16-24-18-23(2)38(26(17-22)19-24)39(43-3,45-44-38)33-20-27(40)14-12-25(33)13-15-28-21-32(29-8-6-7-11-34(29)46-28)35-36(41)30-9-4-5-10-31(30)37(35)42;1-2/h4-15,20-24,26,40H,16-19H2,1-3H3;1-2H3/b15-13+;. The molecule has 3 aliphatic carbocycles. The Balaban J connectivity index is 0.00000179. The molecule has 3 aromatic carbocycles. The van der Waals surface area contributed by atoms with Crippen molar-refractivity contribution in [3.63, 3.8) is 0 Å². The van der Waals surface area contributed by atoms with Gasteiger partial charge < -0.3 is 9.84 Å². The lowest BCUT2D eigenvalue weighted by molar-refractivity contribution is -0.641. The fraction of sp³-hybridized carbons (Fsp3) is 0.366. The van der Waals surface area contributed by atoms with Crippen LogP contribution in [0, 0.1) is 23.7 Å². The quantitative estimate of drug-likeness (QED) is 0.169. The van der Waals surface area contributed by atoms with Crippen molar-refractivity contribution in [2.75, 3.05) is 7.11 Å². The number of aromatic hydroxyl groups is 1. The molecule has 2 saturated carbocycles. The summed E-state index contributed by atoms with van der Waals surface area (Å²) in [5.74, 6) is 0.196. The summed E-state index contributed by atoms with van der Waals surface area (Å²) in [5.41, 5.74) is 3.48. The minimum atomic E-state index is -1.18. The van der Waals surface area contributed by atoms with Gasteiger partial charge in [0.05, 0.1) is 5.57 Å². The van der Waals surface area contributed by atoms with E-state index >= 15 is 0 Å². The highest BCUT2D eigenvalue weighted by atomic mass is 32.2. The van der Waals surface area contributed by atoms with Crippen LogP contribution in [0.5, 0.6) is 5.75 Å². The molecule has 0 aromatic heterocycles. The van der Waals surface area contributed by atoms with E-state index in [1.54, 1.807) is 55.3 Å². The van der Waals surface area contributed by atoms with Gasteiger partial charge >= 0.3 is 0 Å². The van der Waals surface area contributed by atoms with Crippen molar-refractivity contribution in [1.29, 1.82) is 0 Å². The highest BCUT2D eigenvalue weighted by Crippen LogP contribution is 2.65. The van der Waals surface area contributed by atoms with Gasteiger partial charge in [-0.3, -0.25) is 9.59 Å². The summed E-state index contributed by atoms with van der Waals surface area (Å²) in [4.78, 5) is 41.2. The van der Waals surface area contributed by atoms with Crippen LogP contribution in [0.1, 0.15) is 90.8 Å². The third kappa shape index (κ3) is 4.89. The van der Waals surface area contributed by atoms with E-state index < -0.39 is 11.4 Å². The number of hydrogen-bond acceptors (Lipinski definition) is 7. The number of carbonyl (C=O) groups is 2. The van der Waals surface area contributed by atoms with E-state index in [0.29, 0.717) is 28.5 Å². The number of Topliss-reactive ketones (excluding diaryl/α,β-unsaturated/α-hetero) is 2. The zero-order valence-electron chi connectivity index (χ0n) is 28.1. The molecule has 2 aliphatic heterocycles. The van der Waals surface area contributed by atoms with Crippen LogP contribution in [0.15, 0.2) is 94.3 Å². The number of phenols is 1. The minimum absolute atomic E-state index is 0.123. The van der Waals surface area contributed by atoms with Crippen LogP contribution in [0.2, 0.25) is 0 Å². The number of thioether (sulfide) groups is 1. The summed E-state index contributed by atoms with van der Waals surface area (Å²) in [6.07, 6.45) is 10.3. The molecule has 2 heterocycles. The van der Waals surface area contributed by atoms with E-state index in [9.17, 15) is 14.7 Å². The van der Waals surface area contributed by atoms with E-state index in [1.807, 2.05) is 62.4 Å². The number of rotatable bonds is 4. The van der Waals surface area contributed by atoms with E-state index in [0.717, 1.165) is 45.8 Å². The maximum Gasteiger partial charge on any atom is 0.261 e. The molecule has 1 saturated heterocycles. The lowest BCUT2D eigenvalue weighted by Gasteiger charge is -2.65. The van der Waals surface area contributed by atoms with Gasteiger partial charge in [0.2, 0.25) is 0 Å². The molecule has 1 N–H and O–H groups in total. The summed E-state index contributed by atoms with van der Waals surface area (Å²) < 4.78 is 6.33. The molecule has 0 radical (unpaired) electrons. The fourth-order valence-electron chi connectivity index (χ4n) is 8.97. The molecule has 248 valence electrons. The maximum atomic E-state index is 13.5. The Kier molecular flexibility index (Phi) is 8.61. The second-order valence-corrected chi connectivity index (χ2v) is 14.7. The van der Waals surface area contributed by atoms with Crippen LogP contribution in [-0.2, 0) is 20.3 Å². The molecule has 5 aliphatic rings. The molecule has 8 rings (SSSR count). The number of benzene rings is 3. The minimum Gasteiger partial charge on any atom is -0.508 e. The number of ether oxygens (including phenoxy) is 1. The van der Waals surface area contributed by atoms with Gasteiger partial charge in [0.15, 0.2) is 17.2 Å². The number of allylic oxidation sites excluding steroid dienone is 4. The van der Waals surface area contributed by atoms with Gasteiger partial charge in [0.1, 0.15) is 5.75 Å². The Bertz CT molecular complexity index is 1840. The Labute approximate surface area is 286 Å². The van der Waals surface area contributed by atoms with Crippen LogP contribution >= 0.6 is 11.8 Å². The number of phenolic OH excluding ortho intramolecular Hbond substituents is 1. The van der Waals surface area contributed by atoms with Gasteiger partial charge in [-0.15, -0.1) is 0 Å². The number of ketones is 2. The first-order chi connectivity index (χ1) is 23.3. The molecule has 2 bridgehead atoms. The van der Waals surface area contributed by atoms with Crippen LogP contribution in [0.25, 0.3) is 11.6 Å².